The first kappa shape index (κ1) is 19.2. The molecule has 1 aliphatic heterocycles. The van der Waals surface area contributed by atoms with E-state index in [1.807, 2.05) is 25.1 Å². The second-order valence-electron chi connectivity index (χ2n) is 7.90. The van der Waals surface area contributed by atoms with Crippen LogP contribution in [-0.4, -0.2) is 64.6 Å². The van der Waals surface area contributed by atoms with Crippen LogP contribution in [0.3, 0.4) is 0 Å². The number of aliphatic hydroxyl groups is 1. The van der Waals surface area contributed by atoms with E-state index in [1.165, 1.54) is 0 Å². The summed E-state index contributed by atoms with van der Waals surface area (Å²) in [4.78, 5) is 34.5. The van der Waals surface area contributed by atoms with Crippen LogP contribution >= 0.6 is 0 Å². The average Bonchev–Trinajstić information content (AvgIpc) is 3.41. The van der Waals surface area contributed by atoms with Crippen molar-refractivity contribution in [2.24, 2.45) is 0 Å². The van der Waals surface area contributed by atoms with Crippen LogP contribution in [-0.2, 0) is 11.2 Å². The molecular formula is C20H23N9O2. The van der Waals surface area contributed by atoms with Gasteiger partial charge in [0.05, 0.1) is 29.5 Å². The van der Waals surface area contributed by atoms with E-state index >= 15 is 0 Å². The summed E-state index contributed by atoms with van der Waals surface area (Å²) in [6, 6.07) is 5.59. The van der Waals surface area contributed by atoms with Crippen molar-refractivity contribution < 1.29 is 9.90 Å². The molecule has 4 aromatic rings. The highest BCUT2D eigenvalue weighted by molar-refractivity contribution is 5.83. The number of aromatic amines is 1. The summed E-state index contributed by atoms with van der Waals surface area (Å²) in [5.41, 5.74) is 15.4. The van der Waals surface area contributed by atoms with E-state index in [0.29, 0.717) is 30.6 Å². The monoisotopic (exact) mass is 421 g/mol. The number of hydrogen-bond donors (Lipinski definition) is 4. The van der Waals surface area contributed by atoms with E-state index in [2.05, 4.69) is 24.9 Å². The summed E-state index contributed by atoms with van der Waals surface area (Å²) >= 11 is 0. The first-order valence-corrected chi connectivity index (χ1v) is 10.1. The highest BCUT2D eigenvalue weighted by atomic mass is 16.3. The summed E-state index contributed by atoms with van der Waals surface area (Å²) in [5, 5.41) is 10.6. The number of amides is 1. The Labute approximate surface area is 177 Å². The number of carbonyl (C=O) groups is 1. The van der Waals surface area contributed by atoms with Crippen molar-refractivity contribution in [1.29, 1.82) is 0 Å². The number of aromatic nitrogens is 6. The first-order valence-electron chi connectivity index (χ1n) is 10.1. The Morgan fingerprint density at radius 3 is 2.94 bits per heavy atom. The maximum absolute atomic E-state index is 12.8. The number of anilines is 2. The predicted octanol–water partition coefficient (Wildman–Crippen LogP) is 0.552. The van der Waals surface area contributed by atoms with Crippen LogP contribution in [0.2, 0.25) is 0 Å². The Morgan fingerprint density at radius 2 is 2.10 bits per heavy atom. The Morgan fingerprint density at radius 1 is 1.26 bits per heavy atom. The van der Waals surface area contributed by atoms with E-state index in [-0.39, 0.29) is 30.3 Å². The molecule has 3 aromatic heterocycles. The lowest BCUT2D eigenvalue weighted by atomic mass is 10.1. The number of nitrogens with zero attached hydrogens (tertiary/aromatic N) is 6. The lowest BCUT2D eigenvalue weighted by molar-refractivity contribution is -0.130. The van der Waals surface area contributed by atoms with E-state index in [0.717, 1.165) is 22.4 Å². The summed E-state index contributed by atoms with van der Waals surface area (Å²) < 4.78 is 1.72. The Balaban J connectivity index is 1.29. The molecule has 5 rings (SSSR count). The van der Waals surface area contributed by atoms with Crippen LogP contribution in [0.5, 0.6) is 0 Å². The van der Waals surface area contributed by atoms with Crippen LogP contribution in [0.1, 0.15) is 23.9 Å². The number of fused-ring (bicyclic) bond motifs is 2. The third kappa shape index (κ3) is 3.42. The minimum Gasteiger partial charge on any atom is -0.389 e. The van der Waals surface area contributed by atoms with E-state index in [4.69, 9.17) is 11.5 Å². The quantitative estimate of drug-likeness (QED) is 0.371. The van der Waals surface area contributed by atoms with Crippen LogP contribution in [0, 0.1) is 6.92 Å². The fraction of sp³-hybridized carbons (Fsp3) is 0.350. The molecule has 6 N–H and O–H groups in total. The van der Waals surface area contributed by atoms with Gasteiger partial charge in [0.2, 0.25) is 11.9 Å². The molecule has 0 unspecified atom stereocenters. The molecular weight excluding hydrogens is 398 g/mol. The van der Waals surface area contributed by atoms with Gasteiger partial charge >= 0.3 is 0 Å². The van der Waals surface area contributed by atoms with Crippen LogP contribution in [0.25, 0.3) is 22.2 Å². The lowest BCUT2D eigenvalue weighted by Crippen LogP contribution is -2.29. The molecule has 11 heteroatoms. The Hall–Kier alpha value is -3.73. The zero-order valence-electron chi connectivity index (χ0n) is 17.0. The van der Waals surface area contributed by atoms with Crippen LogP contribution in [0.15, 0.2) is 24.5 Å². The number of hydrogen-bond acceptors (Lipinski definition) is 8. The normalized spacial score (nSPS) is 19.0. The smallest absolute Gasteiger partial charge is 0.224 e. The van der Waals surface area contributed by atoms with Crippen molar-refractivity contribution in [3.05, 3.63) is 35.9 Å². The number of rotatable bonds is 4. The molecule has 1 aliphatic rings. The highest BCUT2D eigenvalue weighted by Gasteiger charge is 2.36. The molecule has 31 heavy (non-hydrogen) atoms. The van der Waals surface area contributed by atoms with Gasteiger partial charge in [0.15, 0.2) is 11.5 Å². The molecule has 1 saturated heterocycles. The maximum Gasteiger partial charge on any atom is 0.224 e. The van der Waals surface area contributed by atoms with Crippen molar-refractivity contribution >= 4 is 39.9 Å². The number of likely N-dealkylation sites (tertiary alicyclic amines) is 1. The second-order valence-corrected chi connectivity index (χ2v) is 7.90. The fourth-order valence-corrected chi connectivity index (χ4v) is 4.19. The molecule has 0 spiro atoms. The molecule has 160 valence electrons. The maximum atomic E-state index is 12.8. The van der Waals surface area contributed by atoms with Gasteiger partial charge in [-0.2, -0.15) is 9.97 Å². The molecule has 1 amide bonds. The highest BCUT2D eigenvalue weighted by Crippen LogP contribution is 2.28. The molecule has 2 atom stereocenters. The SMILES string of the molecule is Cc1nc2ccc(CCC(=O)N3C[C@H](O)[C@@H](n4cnc5c(N)nc(N)nc54)C3)cc2[nH]1. The average molecular weight is 421 g/mol. The fourth-order valence-electron chi connectivity index (χ4n) is 4.19. The second kappa shape index (κ2) is 7.20. The number of benzene rings is 1. The summed E-state index contributed by atoms with van der Waals surface area (Å²) in [6.45, 7) is 2.52. The van der Waals surface area contributed by atoms with Gasteiger partial charge in [-0.3, -0.25) is 4.79 Å². The number of nitrogens with two attached hydrogens (primary N) is 2. The van der Waals surface area contributed by atoms with Crippen molar-refractivity contribution in [3.8, 4) is 0 Å². The minimum atomic E-state index is -0.747. The molecule has 11 nitrogen and oxygen atoms in total. The number of nitrogen functional groups attached to an aromatic ring is 2. The third-order valence-electron chi connectivity index (χ3n) is 5.73. The molecule has 0 radical (unpaired) electrons. The number of β-amino-alcohol motifs (C(OH)–C–C–N with tert-alkyl or cyclic N) is 1. The number of aliphatic hydroxyl groups excluding tert-OH is 1. The zero-order chi connectivity index (χ0) is 21.7. The summed E-state index contributed by atoms with van der Waals surface area (Å²) in [5.74, 6) is 1.07. The minimum absolute atomic E-state index is 0.0134. The van der Waals surface area contributed by atoms with Crippen molar-refractivity contribution in [1.82, 2.24) is 34.4 Å². The molecule has 0 saturated carbocycles. The van der Waals surface area contributed by atoms with Gasteiger partial charge in [-0.1, -0.05) is 6.07 Å². The van der Waals surface area contributed by atoms with Gasteiger partial charge in [0.1, 0.15) is 11.3 Å². The van der Waals surface area contributed by atoms with Crippen molar-refractivity contribution in [3.63, 3.8) is 0 Å². The summed E-state index contributed by atoms with van der Waals surface area (Å²) in [6.07, 6.45) is 1.77. The van der Waals surface area contributed by atoms with Crippen molar-refractivity contribution in [2.75, 3.05) is 24.6 Å². The Kier molecular flexibility index (Phi) is 4.47. The number of H-pyrrole nitrogens is 1. The Bertz CT molecular complexity index is 1290. The first-order chi connectivity index (χ1) is 14.9. The number of aryl methyl sites for hydroxylation is 2. The predicted molar refractivity (Wildman–Crippen MR) is 115 cm³/mol. The molecule has 0 aliphatic carbocycles. The standard InChI is InChI=1S/C20H23N9O2/c1-10-24-12-4-2-11(6-13(12)25-10)3-5-16(31)28-7-14(15(30)8-28)29-9-23-17-18(21)26-20(22)27-19(17)29/h2,4,6,9,14-15,30H,3,5,7-8H2,1H3,(H,24,25)(H4,21,22,26,27)/t14-,15-/m0/s1. The third-order valence-corrected chi connectivity index (χ3v) is 5.73. The molecule has 4 heterocycles. The molecule has 1 aromatic carbocycles. The molecule has 0 bridgehead atoms. The van der Waals surface area contributed by atoms with Gasteiger partial charge in [-0.25, -0.2) is 9.97 Å². The van der Waals surface area contributed by atoms with E-state index < -0.39 is 6.10 Å². The number of imidazole rings is 2. The van der Waals surface area contributed by atoms with Gasteiger partial charge in [0, 0.05) is 19.5 Å². The van der Waals surface area contributed by atoms with Gasteiger partial charge in [-0.15, -0.1) is 0 Å². The lowest BCUT2D eigenvalue weighted by Gasteiger charge is -2.17. The van der Waals surface area contributed by atoms with Crippen LogP contribution < -0.4 is 11.5 Å². The number of carbonyl (C=O) groups excluding carboxylic acids is 1. The van der Waals surface area contributed by atoms with Crippen molar-refractivity contribution in [2.45, 2.75) is 31.9 Å². The van der Waals surface area contributed by atoms with E-state index in [1.54, 1.807) is 15.8 Å². The van der Waals surface area contributed by atoms with Gasteiger partial charge in [-0.05, 0) is 31.0 Å². The van der Waals surface area contributed by atoms with E-state index in [9.17, 15) is 9.90 Å². The largest absolute Gasteiger partial charge is 0.389 e. The summed E-state index contributed by atoms with van der Waals surface area (Å²) in [7, 11) is 0. The topological polar surface area (TPSA) is 165 Å². The number of nitrogens with one attached hydrogen (secondary N) is 1. The zero-order valence-corrected chi connectivity index (χ0v) is 17.0. The van der Waals surface area contributed by atoms with Gasteiger partial charge < -0.3 is 31.0 Å². The molecule has 1 fully saturated rings. The van der Waals surface area contributed by atoms with Crippen LogP contribution in [0.4, 0.5) is 11.8 Å². The van der Waals surface area contributed by atoms with Gasteiger partial charge in [0.25, 0.3) is 0 Å².